The first-order chi connectivity index (χ1) is 27.5. The summed E-state index contributed by atoms with van der Waals surface area (Å²) in [4.78, 5) is 25.3. The van der Waals surface area contributed by atoms with Crippen molar-refractivity contribution < 1.29 is 56.8 Å². The number of aliphatic hydroxyl groups excluding tert-OH is 3. The topological polar surface area (TPSA) is 186 Å². The van der Waals surface area contributed by atoms with E-state index in [1.165, 1.54) is 0 Å². The molecule has 0 amide bonds. The van der Waals surface area contributed by atoms with E-state index in [0.29, 0.717) is 19.3 Å². The van der Waals surface area contributed by atoms with E-state index in [1.807, 2.05) is 54.7 Å². The summed E-state index contributed by atoms with van der Waals surface area (Å²) in [7, 11) is -4.62. The van der Waals surface area contributed by atoms with E-state index in [0.717, 1.165) is 64.2 Å². The number of hydrogen-bond donors (Lipinski definition) is 4. The summed E-state index contributed by atoms with van der Waals surface area (Å²) < 4.78 is 53.8. The van der Waals surface area contributed by atoms with Gasteiger partial charge in [0.2, 0.25) is 0 Å². The zero-order valence-corrected chi connectivity index (χ0v) is 34.7. The van der Waals surface area contributed by atoms with E-state index in [4.69, 9.17) is 18.9 Å². The van der Waals surface area contributed by atoms with Crippen molar-refractivity contribution in [3.8, 4) is 0 Å². The predicted octanol–water partition coefficient (Wildman–Crippen LogP) is 7.49. The molecule has 1 heterocycles. The Kier molecular flexibility index (Phi) is 30.3. The molecule has 3 unspecified atom stereocenters. The second-order valence-electron chi connectivity index (χ2n) is 13.7. The highest BCUT2D eigenvalue weighted by Gasteiger charge is 2.46. The van der Waals surface area contributed by atoms with Crippen LogP contribution in [0.5, 0.6) is 0 Å². The van der Waals surface area contributed by atoms with E-state index in [1.54, 1.807) is 0 Å². The Labute approximate surface area is 341 Å². The SMILES string of the molecule is CC/C=C/C=C/C=C/C=C/C=C/CCCC(=O)OC(COC(=O)CCCCCCCC/C=C/C/C=C/C/C=C/CC)CO[C@H]1O[C@H](CS(=O)(=O)O)[C@@H](O)C(O)C1O. The van der Waals surface area contributed by atoms with Crippen LogP contribution in [0.3, 0.4) is 0 Å². The van der Waals surface area contributed by atoms with Gasteiger partial charge in [-0.3, -0.25) is 14.1 Å². The Morgan fingerprint density at radius 1 is 0.614 bits per heavy atom. The molecule has 0 aromatic rings. The smallest absolute Gasteiger partial charge is 0.306 e. The zero-order chi connectivity index (χ0) is 42.0. The van der Waals surface area contributed by atoms with Crippen LogP contribution >= 0.6 is 0 Å². The highest BCUT2D eigenvalue weighted by molar-refractivity contribution is 7.85. The minimum Gasteiger partial charge on any atom is -0.462 e. The first-order valence-electron chi connectivity index (χ1n) is 20.4. The maximum absolute atomic E-state index is 12.7. The van der Waals surface area contributed by atoms with Crippen LogP contribution < -0.4 is 0 Å². The number of esters is 2. The lowest BCUT2D eigenvalue weighted by Crippen LogP contribution is -2.60. The fourth-order valence-electron chi connectivity index (χ4n) is 5.42. The number of unbranched alkanes of at least 4 members (excludes halogenated alkanes) is 7. The Bertz CT molecular complexity index is 1430. The van der Waals surface area contributed by atoms with E-state index in [2.05, 4.69) is 56.4 Å². The molecule has 1 fully saturated rings. The van der Waals surface area contributed by atoms with Gasteiger partial charge >= 0.3 is 11.9 Å². The maximum atomic E-state index is 12.7. The fourth-order valence-corrected chi connectivity index (χ4v) is 6.12. The van der Waals surface area contributed by atoms with Crippen LogP contribution in [0.2, 0.25) is 0 Å². The number of carbonyl (C=O) groups is 2. The van der Waals surface area contributed by atoms with Crippen LogP contribution in [0.4, 0.5) is 0 Å². The van der Waals surface area contributed by atoms with Gasteiger partial charge in [-0.2, -0.15) is 8.42 Å². The van der Waals surface area contributed by atoms with Gasteiger partial charge in [-0.25, -0.2) is 0 Å². The number of hydrogen-bond acceptors (Lipinski definition) is 11. The van der Waals surface area contributed by atoms with Crippen molar-refractivity contribution in [2.45, 2.75) is 147 Å². The van der Waals surface area contributed by atoms with Crippen LogP contribution in [0.25, 0.3) is 0 Å². The normalized spacial score (nSPS) is 21.5. The lowest BCUT2D eigenvalue weighted by atomic mass is 10.00. The van der Waals surface area contributed by atoms with Gasteiger partial charge in [0, 0.05) is 12.8 Å². The van der Waals surface area contributed by atoms with Gasteiger partial charge in [0.1, 0.15) is 36.8 Å². The lowest BCUT2D eigenvalue weighted by molar-refractivity contribution is -0.297. The molecule has 57 heavy (non-hydrogen) atoms. The average Bonchev–Trinajstić information content (AvgIpc) is 3.17. The molecule has 322 valence electrons. The molecule has 6 atom stereocenters. The molecule has 1 aliphatic heterocycles. The molecule has 0 radical (unpaired) electrons. The molecule has 0 aromatic carbocycles. The minimum absolute atomic E-state index is 0.0587. The van der Waals surface area contributed by atoms with Gasteiger partial charge < -0.3 is 34.3 Å². The molecular formula is C44H68O12S. The summed E-state index contributed by atoms with van der Waals surface area (Å²) in [6.45, 7) is 3.39. The third kappa shape index (κ3) is 28.6. The summed E-state index contributed by atoms with van der Waals surface area (Å²) in [6, 6.07) is 0. The average molecular weight is 821 g/mol. The van der Waals surface area contributed by atoms with E-state index >= 15 is 0 Å². The largest absolute Gasteiger partial charge is 0.462 e. The lowest BCUT2D eigenvalue weighted by Gasteiger charge is -2.40. The minimum atomic E-state index is -4.62. The molecule has 0 aliphatic carbocycles. The zero-order valence-electron chi connectivity index (χ0n) is 33.9. The maximum Gasteiger partial charge on any atom is 0.306 e. The van der Waals surface area contributed by atoms with Crippen LogP contribution in [0.1, 0.15) is 110 Å². The van der Waals surface area contributed by atoms with Crippen molar-refractivity contribution in [1.29, 1.82) is 0 Å². The third-order valence-corrected chi connectivity index (χ3v) is 9.29. The standard InChI is InChI=1S/C44H68O12S/c1-3-5-7-9-11-13-15-17-18-19-21-22-24-26-28-30-32-39(45)53-34-37(35-54-44-43(49)42(48)41(47)38(56-44)36-57(50,51)52)55-40(46)33-31-29-27-25-23-20-16-14-12-10-8-6-4-2/h5-8,10-14,16-18,20,23,25,27,37-38,41-44,47-49H,3-4,9,15,19,21-22,24,26,28-36H2,1-2H3,(H,50,51,52)/b7-5+,8-6+,12-10+,13-11+,16-14+,18-17+,23-20+,27-25+/t37?,38-,41-,42?,43?,44+/m1/s1. The van der Waals surface area contributed by atoms with Crippen LogP contribution in [0.15, 0.2) is 97.2 Å². The second-order valence-corrected chi connectivity index (χ2v) is 15.2. The molecule has 1 aliphatic rings. The number of rotatable bonds is 31. The van der Waals surface area contributed by atoms with E-state index < -0.39 is 71.2 Å². The Balaban J connectivity index is 2.56. The highest BCUT2D eigenvalue weighted by Crippen LogP contribution is 2.23. The molecule has 0 saturated carbocycles. The molecular weight excluding hydrogens is 753 g/mol. The summed E-state index contributed by atoms with van der Waals surface area (Å²) in [6.07, 6.45) is 34.7. The van der Waals surface area contributed by atoms with Crippen molar-refractivity contribution in [3.05, 3.63) is 97.2 Å². The van der Waals surface area contributed by atoms with Gasteiger partial charge in [-0.15, -0.1) is 0 Å². The van der Waals surface area contributed by atoms with Crippen molar-refractivity contribution >= 4 is 22.1 Å². The van der Waals surface area contributed by atoms with Crippen molar-refractivity contribution in [2.75, 3.05) is 19.0 Å². The molecule has 12 nitrogen and oxygen atoms in total. The summed E-state index contributed by atoms with van der Waals surface area (Å²) in [5.41, 5.74) is 0. The van der Waals surface area contributed by atoms with Gasteiger partial charge in [-0.05, 0) is 57.8 Å². The van der Waals surface area contributed by atoms with Crippen LogP contribution in [-0.4, -0.2) is 96.0 Å². The summed E-state index contributed by atoms with van der Waals surface area (Å²) in [5.74, 6) is -2.12. The molecule has 4 N–H and O–H groups in total. The predicted molar refractivity (Wildman–Crippen MR) is 224 cm³/mol. The monoisotopic (exact) mass is 820 g/mol. The van der Waals surface area contributed by atoms with Crippen molar-refractivity contribution in [2.24, 2.45) is 0 Å². The molecule has 0 aromatic heterocycles. The van der Waals surface area contributed by atoms with Gasteiger partial charge in [0.05, 0.1) is 6.61 Å². The Hall–Kier alpha value is -3.43. The van der Waals surface area contributed by atoms with Gasteiger partial charge in [0.25, 0.3) is 10.1 Å². The molecule has 1 rings (SSSR count). The van der Waals surface area contributed by atoms with Crippen LogP contribution in [-0.2, 0) is 38.7 Å². The highest BCUT2D eigenvalue weighted by atomic mass is 32.2. The number of allylic oxidation sites excluding steroid dienone is 16. The van der Waals surface area contributed by atoms with Crippen molar-refractivity contribution in [1.82, 2.24) is 0 Å². The Morgan fingerprint density at radius 3 is 1.81 bits per heavy atom. The van der Waals surface area contributed by atoms with Crippen molar-refractivity contribution in [3.63, 3.8) is 0 Å². The second kappa shape index (κ2) is 33.5. The van der Waals surface area contributed by atoms with Crippen LogP contribution in [0, 0.1) is 0 Å². The van der Waals surface area contributed by atoms with E-state index in [-0.39, 0.29) is 19.4 Å². The molecule has 0 spiro atoms. The number of aliphatic hydroxyl groups is 3. The van der Waals surface area contributed by atoms with Gasteiger partial charge in [0.15, 0.2) is 12.4 Å². The third-order valence-electron chi connectivity index (χ3n) is 8.54. The number of carbonyl (C=O) groups excluding carboxylic acids is 2. The summed E-state index contributed by atoms with van der Waals surface area (Å²) >= 11 is 0. The quantitative estimate of drug-likeness (QED) is 0.0178. The van der Waals surface area contributed by atoms with Gasteiger partial charge in [-0.1, -0.05) is 137 Å². The first kappa shape index (κ1) is 51.6. The Morgan fingerprint density at radius 2 is 1.16 bits per heavy atom. The fraction of sp³-hybridized carbons (Fsp3) is 0.591. The number of ether oxygens (including phenoxy) is 4. The first-order valence-corrected chi connectivity index (χ1v) is 22.0. The molecule has 1 saturated heterocycles. The summed E-state index contributed by atoms with van der Waals surface area (Å²) in [5, 5.41) is 30.8. The molecule has 0 bridgehead atoms. The van der Waals surface area contributed by atoms with E-state index in [9.17, 15) is 37.9 Å². The molecule has 13 heteroatoms.